The number of hydrogen-bond donors (Lipinski definition) is 2. The van der Waals surface area contributed by atoms with Gasteiger partial charge in [-0.2, -0.15) is 5.10 Å². The van der Waals surface area contributed by atoms with Crippen molar-refractivity contribution in [2.75, 3.05) is 20.2 Å². The predicted octanol–water partition coefficient (Wildman–Crippen LogP) is -0.220. The van der Waals surface area contributed by atoms with Crippen molar-refractivity contribution in [1.29, 1.82) is 0 Å². The van der Waals surface area contributed by atoms with Crippen molar-refractivity contribution in [2.45, 2.75) is 24.9 Å². The molecule has 0 atom stereocenters. The second-order valence-electron chi connectivity index (χ2n) is 5.64. The average molecular weight is 290 g/mol. The van der Waals surface area contributed by atoms with Gasteiger partial charge >= 0.3 is 0 Å². The van der Waals surface area contributed by atoms with E-state index in [-0.39, 0.29) is 24.1 Å². The highest BCUT2D eigenvalue weighted by molar-refractivity contribution is 5.98. The molecule has 2 N–H and O–H groups in total. The predicted molar refractivity (Wildman–Crippen MR) is 74.8 cm³/mol. The van der Waals surface area contributed by atoms with Gasteiger partial charge < -0.3 is 15.3 Å². The summed E-state index contributed by atoms with van der Waals surface area (Å²) in [6.45, 7) is 1.04. The number of amides is 2. The number of aromatic nitrogens is 2. The van der Waals surface area contributed by atoms with E-state index in [1.165, 1.54) is 6.07 Å². The topological polar surface area (TPSA) is 87.5 Å². The fraction of sp³-hybridized carbons (Fsp3) is 0.500. The molecule has 0 spiro atoms. The smallest absolute Gasteiger partial charge is 0.272 e. The summed E-state index contributed by atoms with van der Waals surface area (Å²) < 4.78 is 1.57. The minimum absolute atomic E-state index is 0.124. The van der Waals surface area contributed by atoms with Crippen LogP contribution in [0.15, 0.2) is 18.2 Å². The van der Waals surface area contributed by atoms with Crippen LogP contribution in [0.3, 0.4) is 0 Å². The summed E-state index contributed by atoms with van der Waals surface area (Å²) in [5.74, 6) is -0.489. The molecule has 0 aromatic carbocycles. The fourth-order valence-electron chi connectivity index (χ4n) is 2.69. The maximum absolute atomic E-state index is 12.3. The highest BCUT2D eigenvalue weighted by Crippen LogP contribution is 2.23. The first kappa shape index (κ1) is 13.8. The number of aliphatic hydroxyl groups excluding tert-OH is 1. The summed E-state index contributed by atoms with van der Waals surface area (Å²) in [5, 5.41) is 16.5. The molecule has 1 aliphatic carbocycles. The lowest BCUT2D eigenvalue weighted by Crippen LogP contribution is -2.49. The first-order valence-corrected chi connectivity index (χ1v) is 6.96. The Balaban J connectivity index is 1.80. The molecule has 112 valence electrons. The van der Waals surface area contributed by atoms with Crippen molar-refractivity contribution in [1.82, 2.24) is 20.0 Å². The molecule has 0 radical (unpaired) electrons. The van der Waals surface area contributed by atoms with Gasteiger partial charge in [0.1, 0.15) is 5.69 Å². The average Bonchev–Trinajstić information content (AvgIpc) is 3.10. The van der Waals surface area contributed by atoms with Crippen LogP contribution in [0.25, 0.3) is 0 Å². The monoisotopic (exact) mass is 290 g/mol. The van der Waals surface area contributed by atoms with E-state index in [0.717, 1.165) is 0 Å². The molecule has 0 unspecified atom stereocenters. The van der Waals surface area contributed by atoms with Gasteiger partial charge in [-0.05, 0) is 12.8 Å². The van der Waals surface area contributed by atoms with Gasteiger partial charge in [-0.3, -0.25) is 14.3 Å². The van der Waals surface area contributed by atoms with E-state index < -0.39 is 5.54 Å². The molecule has 0 bridgehead atoms. The molecule has 7 nitrogen and oxygen atoms in total. The van der Waals surface area contributed by atoms with Crippen molar-refractivity contribution in [3.63, 3.8) is 0 Å². The zero-order valence-corrected chi connectivity index (χ0v) is 11.9. The van der Waals surface area contributed by atoms with Crippen molar-refractivity contribution < 1.29 is 14.7 Å². The van der Waals surface area contributed by atoms with Gasteiger partial charge in [0.2, 0.25) is 0 Å². The molecule has 0 fully saturated rings. The zero-order valence-electron chi connectivity index (χ0n) is 11.9. The quantitative estimate of drug-likeness (QED) is 0.753. The summed E-state index contributed by atoms with van der Waals surface area (Å²) in [6.07, 6.45) is 5.08. The lowest BCUT2D eigenvalue weighted by Gasteiger charge is -2.27. The standard InChI is InChI=1S/C14H18N4O3/c1-17-6-7-18-11(13(17)21)8-10(16-18)12(20)15-14(9-19)4-2-3-5-14/h2-3,8,19H,4-7,9H2,1H3,(H,15,20). The van der Waals surface area contributed by atoms with Crippen molar-refractivity contribution in [2.24, 2.45) is 0 Å². The maximum Gasteiger partial charge on any atom is 0.272 e. The fourth-order valence-corrected chi connectivity index (χ4v) is 2.69. The largest absolute Gasteiger partial charge is 0.394 e. The van der Waals surface area contributed by atoms with Gasteiger partial charge in [0.05, 0.1) is 18.7 Å². The molecule has 1 aromatic heterocycles. The summed E-state index contributed by atoms with van der Waals surface area (Å²) >= 11 is 0. The third-order valence-electron chi connectivity index (χ3n) is 4.09. The Bertz CT molecular complexity index is 612. The van der Waals surface area contributed by atoms with Gasteiger partial charge in [-0.25, -0.2) is 0 Å². The van der Waals surface area contributed by atoms with Crippen LogP contribution in [0, 0.1) is 0 Å². The molecular weight excluding hydrogens is 272 g/mol. The SMILES string of the molecule is CN1CCn2nc(C(=O)NC3(CO)CC=CC3)cc2C1=O. The molecule has 7 heteroatoms. The molecule has 2 heterocycles. The number of fused-ring (bicyclic) bond motifs is 1. The maximum atomic E-state index is 12.3. The lowest BCUT2D eigenvalue weighted by atomic mass is 9.97. The van der Waals surface area contributed by atoms with Crippen LogP contribution >= 0.6 is 0 Å². The van der Waals surface area contributed by atoms with Crippen molar-refractivity contribution in [3.05, 3.63) is 29.6 Å². The first-order chi connectivity index (χ1) is 10.0. The number of carbonyl (C=O) groups is 2. The van der Waals surface area contributed by atoms with Crippen LogP contribution in [0.2, 0.25) is 0 Å². The number of aliphatic hydroxyl groups is 1. The van der Waals surface area contributed by atoms with Crippen LogP contribution in [-0.4, -0.2) is 57.3 Å². The summed E-state index contributed by atoms with van der Waals surface area (Å²) in [7, 11) is 1.73. The lowest BCUT2D eigenvalue weighted by molar-refractivity contribution is 0.0741. The number of nitrogens with zero attached hydrogens (tertiary/aromatic N) is 3. The second kappa shape index (κ2) is 5.00. The van der Waals surface area contributed by atoms with E-state index in [4.69, 9.17) is 0 Å². The van der Waals surface area contributed by atoms with E-state index in [2.05, 4.69) is 10.4 Å². The number of nitrogens with one attached hydrogen (secondary N) is 1. The van der Waals surface area contributed by atoms with E-state index in [0.29, 0.717) is 31.6 Å². The first-order valence-electron chi connectivity index (χ1n) is 6.96. The van der Waals surface area contributed by atoms with E-state index >= 15 is 0 Å². The van der Waals surface area contributed by atoms with Crippen LogP contribution < -0.4 is 5.32 Å². The number of hydrogen-bond acceptors (Lipinski definition) is 4. The minimum Gasteiger partial charge on any atom is -0.394 e. The Morgan fingerprint density at radius 2 is 2.14 bits per heavy atom. The Hall–Kier alpha value is -2.15. The molecular formula is C14H18N4O3. The highest BCUT2D eigenvalue weighted by atomic mass is 16.3. The summed E-state index contributed by atoms with van der Waals surface area (Å²) in [5.41, 5.74) is 0.00650. The van der Waals surface area contributed by atoms with Crippen LogP contribution in [0.4, 0.5) is 0 Å². The third kappa shape index (κ3) is 2.33. The third-order valence-corrected chi connectivity index (χ3v) is 4.09. The Morgan fingerprint density at radius 3 is 2.81 bits per heavy atom. The highest BCUT2D eigenvalue weighted by Gasteiger charge is 2.33. The molecule has 0 saturated heterocycles. The van der Waals surface area contributed by atoms with E-state index in [9.17, 15) is 14.7 Å². The Labute approximate surface area is 122 Å². The normalized spacial score (nSPS) is 19.7. The zero-order chi connectivity index (χ0) is 15.0. The number of rotatable bonds is 3. The van der Waals surface area contributed by atoms with Crippen LogP contribution in [0.1, 0.15) is 33.8 Å². The van der Waals surface area contributed by atoms with Crippen molar-refractivity contribution >= 4 is 11.8 Å². The van der Waals surface area contributed by atoms with E-state index in [1.807, 2.05) is 12.2 Å². The molecule has 2 aliphatic rings. The van der Waals surface area contributed by atoms with Gasteiger partial charge in [0.15, 0.2) is 5.69 Å². The summed E-state index contributed by atoms with van der Waals surface area (Å²) in [6, 6.07) is 1.51. The second-order valence-corrected chi connectivity index (χ2v) is 5.64. The molecule has 1 aliphatic heterocycles. The van der Waals surface area contributed by atoms with Crippen LogP contribution in [0.5, 0.6) is 0 Å². The minimum atomic E-state index is -0.637. The Kier molecular flexibility index (Phi) is 3.29. The molecule has 2 amide bonds. The number of likely N-dealkylation sites (N-methyl/N-ethyl adjacent to an activating group) is 1. The molecule has 3 rings (SSSR count). The van der Waals surface area contributed by atoms with Crippen LogP contribution in [-0.2, 0) is 6.54 Å². The molecule has 1 aromatic rings. The molecule has 0 saturated carbocycles. The van der Waals surface area contributed by atoms with Gasteiger partial charge in [0.25, 0.3) is 11.8 Å². The summed E-state index contributed by atoms with van der Waals surface area (Å²) in [4.78, 5) is 25.9. The van der Waals surface area contributed by atoms with E-state index in [1.54, 1.807) is 16.6 Å². The van der Waals surface area contributed by atoms with Crippen molar-refractivity contribution in [3.8, 4) is 0 Å². The molecule has 21 heavy (non-hydrogen) atoms. The van der Waals surface area contributed by atoms with Gasteiger partial charge in [-0.15, -0.1) is 0 Å². The number of carbonyl (C=O) groups excluding carboxylic acids is 2. The Morgan fingerprint density at radius 1 is 1.43 bits per heavy atom. The van der Waals surface area contributed by atoms with Gasteiger partial charge in [-0.1, -0.05) is 12.2 Å². The van der Waals surface area contributed by atoms with Gasteiger partial charge in [0, 0.05) is 19.7 Å².